The minimum atomic E-state index is 0.127. The summed E-state index contributed by atoms with van der Waals surface area (Å²) in [5, 5.41) is 7.51. The van der Waals surface area contributed by atoms with Gasteiger partial charge in [0.15, 0.2) is 17.3 Å². The van der Waals surface area contributed by atoms with Crippen molar-refractivity contribution in [2.45, 2.75) is 6.04 Å². The van der Waals surface area contributed by atoms with Crippen LogP contribution in [0.5, 0.6) is 11.5 Å². The van der Waals surface area contributed by atoms with E-state index in [1.54, 1.807) is 0 Å². The Morgan fingerprint density at radius 1 is 1.30 bits per heavy atom. The number of piperazine rings is 1. The average Bonchev–Trinajstić information content (AvgIpc) is 3.05. The third-order valence-corrected chi connectivity index (χ3v) is 4.68. The maximum Gasteiger partial charge on any atom is 0.258 e. The number of fused-ring (bicyclic) bond motifs is 1. The van der Waals surface area contributed by atoms with Gasteiger partial charge in [-0.1, -0.05) is 5.16 Å². The van der Waals surface area contributed by atoms with Crippen molar-refractivity contribution in [3.05, 3.63) is 22.4 Å². The van der Waals surface area contributed by atoms with Gasteiger partial charge >= 0.3 is 0 Å². The van der Waals surface area contributed by atoms with E-state index in [2.05, 4.69) is 43.3 Å². The van der Waals surface area contributed by atoms with Gasteiger partial charge in [-0.2, -0.15) is 4.98 Å². The maximum atomic E-state index is 5.64. The van der Waals surface area contributed by atoms with Gasteiger partial charge in [-0.15, -0.1) is 0 Å². The van der Waals surface area contributed by atoms with Gasteiger partial charge in [-0.05, 0) is 35.1 Å². The molecule has 1 unspecified atom stereocenters. The number of benzene rings is 1. The zero-order valence-electron chi connectivity index (χ0n) is 12.7. The van der Waals surface area contributed by atoms with Crippen molar-refractivity contribution in [3.63, 3.8) is 0 Å². The van der Waals surface area contributed by atoms with E-state index >= 15 is 0 Å². The lowest BCUT2D eigenvalue weighted by Crippen LogP contribution is -2.44. The van der Waals surface area contributed by atoms with Crippen LogP contribution in [0.25, 0.3) is 11.5 Å². The van der Waals surface area contributed by atoms with E-state index < -0.39 is 0 Å². The highest BCUT2D eigenvalue weighted by Gasteiger charge is 2.26. The zero-order chi connectivity index (χ0) is 15.8. The van der Waals surface area contributed by atoms with Gasteiger partial charge in [-0.3, -0.25) is 4.90 Å². The van der Waals surface area contributed by atoms with Gasteiger partial charge in [0.25, 0.3) is 5.89 Å². The standard InChI is InChI=1S/C15H17BrN4O3/c1-20-3-2-17-8-11(20)14-18-15(23-19-14)9-6-10(16)13-12(7-9)21-4-5-22-13/h6-7,11,17H,2-5,8H2,1H3. The molecule has 0 spiro atoms. The number of aromatic nitrogens is 2. The van der Waals surface area contributed by atoms with E-state index in [0.717, 1.165) is 35.4 Å². The van der Waals surface area contributed by atoms with E-state index in [0.29, 0.717) is 30.7 Å². The summed E-state index contributed by atoms with van der Waals surface area (Å²) < 4.78 is 17.5. The van der Waals surface area contributed by atoms with Crippen LogP contribution in [0.1, 0.15) is 11.9 Å². The molecule has 2 aliphatic heterocycles. The first-order chi connectivity index (χ1) is 11.2. The Balaban J connectivity index is 1.65. The molecule has 2 aromatic rings. The molecule has 1 aromatic carbocycles. The summed E-state index contributed by atoms with van der Waals surface area (Å²) >= 11 is 3.51. The van der Waals surface area contributed by atoms with Crippen LogP contribution in [0.2, 0.25) is 0 Å². The van der Waals surface area contributed by atoms with E-state index in [1.807, 2.05) is 12.1 Å². The van der Waals surface area contributed by atoms with Gasteiger partial charge in [0.05, 0.1) is 10.5 Å². The Bertz CT molecular complexity index is 721. The Labute approximate surface area is 142 Å². The van der Waals surface area contributed by atoms with E-state index in [9.17, 15) is 0 Å². The Morgan fingerprint density at radius 2 is 2.17 bits per heavy atom. The summed E-state index contributed by atoms with van der Waals surface area (Å²) in [4.78, 5) is 6.80. The van der Waals surface area contributed by atoms with Crippen molar-refractivity contribution in [3.8, 4) is 23.0 Å². The third kappa shape index (κ3) is 2.82. The molecular formula is C15H17BrN4O3. The second-order valence-electron chi connectivity index (χ2n) is 5.64. The second-order valence-corrected chi connectivity index (χ2v) is 6.49. The number of hydrogen-bond donors (Lipinski definition) is 1. The molecule has 1 aromatic heterocycles. The first kappa shape index (κ1) is 14.9. The normalized spacial score (nSPS) is 21.4. The van der Waals surface area contributed by atoms with Crippen LogP contribution in [0, 0.1) is 0 Å². The van der Waals surface area contributed by atoms with Crippen molar-refractivity contribution < 1.29 is 14.0 Å². The summed E-state index contributed by atoms with van der Waals surface area (Å²) in [5.74, 6) is 2.59. The summed E-state index contributed by atoms with van der Waals surface area (Å²) in [6, 6.07) is 3.91. The van der Waals surface area contributed by atoms with Crippen LogP contribution < -0.4 is 14.8 Å². The molecule has 1 saturated heterocycles. The lowest BCUT2D eigenvalue weighted by atomic mass is 10.2. The molecule has 0 amide bonds. The molecule has 1 N–H and O–H groups in total. The van der Waals surface area contributed by atoms with Crippen LogP contribution in [-0.2, 0) is 0 Å². The van der Waals surface area contributed by atoms with Crippen molar-refractivity contribution in [1.29, 1.82) is 0 Å². The zero-order valence-corrected chi connectivity index (χ0v) is 14.3. The van der Waals surface area contributed by atoms with E-state index in [1.165, 1.54) is 0 Å². The molecule has 8 heteroatoms. The van der Waals surface area contributed by atoms with E-state index in [-0.39, 0.29) is 6.04 Å². The fourth-order valence-electron chi connectivity index (χ4n) is 2.82. The summed E-state index contributed by atoms with van der Waals surface area (Å²) in [6.45, 7) is 3.85. The Morgan fingerprint density at radius 3 is 3.04 bits per heavy atom. The monoisotopic (exact) mass is 380 g/mol. The molecule has 2 aliphatic rings. The molecule has 0 aliphatic carbocycles. The van der Waals surface area contributed by atoms with Gasteiger partial charge in [0.2, 0.25) is 0 Å². The highest BCUT2D eigenvalue weighted by molar-refractivity contribution is 9.10. The quantitative estimate of drug-likeness (QED) is 0.851. The van der Waals surface area contributed by atoms with Gasteiger partial charge < -0.3 is 19.3 Å². The summed E-state index contributed by atoms with van der Waals surface area (Å²) in [7, 11) is 2.07. The van der Waals surface area contributed by atoms with E-state index in [4.69, 9.17) is 14.0 Å². The lowest BCUT2D eigenvalue weighted by molar-refractivity contribution is 0.170. The molecule has 0 radical (unpaired) electrons. The predicted molar refractivity (Wildman–Crippen MR) is 86.7 cm³/mol. The maximum absolute atomic E-state index is 5.64. The van der Waals surface area contributed by atoms with Gasteiger partial charge in [0.1, 0.15) is 13.2 Å². The highest BCUT2D eigenvalue weighted by atomic mass is 79.9. The first-order valence-electron chi connectivity index (χ1n) is 7.56. The lowest BCUT2D eigenvalue weighted by Gasteiger charge is -2.30. The molecule has 7 nitrogen and oxygen atoms in total. The average molecular weight is 381 g/mol. The van der Waals surface area contributed by atoms with Crippen LogP contribution in [0.15, 0.2) is 21.1 Å². The number of likely N-dealkylation sites (N-methyl/N-ethyl adjacent to an activating group) is 1. The molecular weight excluding hydrogens is 364 g/mol. The number of halogens is 1. The molecule has 3 heterocycles. The first-order valence-corrected chi connectivity index (χ1v) is 8.36. The van der Waals surface area contributed by atoms with Crippen molar-refractivity contribution in [2.24, 2.45) is 0 Å². The molecule has 23 heavy (non-hydrogen) atoms. The van der Waals surface area contributed by atoms with Gasteiger partial charge in [0, 0.05) is 25.2 Å². The second kappa shape index (κ2) is 6.10. The van der Waals surface area contributed by atoms with Crippen molar-refractivity contribution >= 4 is 15.9 Å². The topological polar surface area (TPSA) is 72.7 Å². The summed E-state index contributed by atoms with van der Waals surface area (Å²) in [6.07, 6.45) is 0. The molecule has 0 saturated carbocycles. The Kier molecular flexibility index (Phi) is 3.96. The molecule has 1 fully saturated rings. The van der Waals surface area contributed by atoms with Crippen LogP contribution >= 0.6 is 15.9 Å². The molecule has 4 rings (SSSR count). The smallest absolute Gasteiger partial charge is 0.258 e. The number of nitrogens with one attached hydrogen (secondary N) is 1. The van der Waals surface area contributed by atoms with Crippen LogP contribution in [0.3, 0.4) is 0 Å². The fourth-order valence-corrected chi connectivity index (χ4v) is 3.37. The molecule has 0 bridgehead atoms. The SMILES string of the molecule is CN1CCNCC1c1noc(-c2cc(Br)c3c(c2)OCCO3)n1. The minimum Gasteiger partial charge on any atom is -0.486 e. The van der Waals surface area contributed by atoms with Crippen molar-refractivity contribution in [2.75, 3.05) is 39.9 Å². The number of hydrogen-bond acceptors (Lipinski definition) is 7. The fraction of sp³-hybridized carbons (Fsp3) is 0.467. The predicted octanol–water partition coefficient (Wildman–Crippen LogP) is 1.85. The van der Waals surface area contributed by atoms with Crippen LogP contribution in [0.4, 0.5) is 0 Å². The largest absolute Gasteiger partial charge is 0.486 e. The summed E-state index contributed by atoms with van der Waals surface area (Å²) in [5.41, 5.74) is 0.811. The number of nitrogens with zero attached hydrogens (tertiary/aromatic N) is 3. The third-order valence-electron chi connectivity index (χ3n) is 4.09. The van der Waals surface area contributed by atoms with Crippen molar-refractivity contribution in [1.82, 2.24) is 20.4 Å². The van der Waals surface area contributed by atoms with Gasteiger partial charge in [-0.25, -0.2) is 0 Å². The molecule has 122 valence electrons. The minimum absolute atomic E-state index is 0.127. The Hall–Kier alpha value is -1.64. The molecule has 1 atom stereocenters. The highest BCUT2D eigenvalue weighted by Crippen LogP contribution is 2.41. The number of rotatable bonds is 2. The van der Waals surface area contributed by atoms with Crippen LogP contribution in [-0.4, -0.2) is 54.9 Å². The number of ether oxygens (including phenoxy) is 2.